The normalized spacial score (nSPS) is 22.9. The number of aromatic carboxylic acids is 1. The molecule has 3 rings (SSSR count). The van der Waals surface area contributed by atoms with Crippen molar-refractivity contribution in [2.45, 2.75) is 63.6 Å². The molecule has 1 saturated carbocycles. The number of carboxylic acid groups (broad SMARTS) is 1. The quantitative estimate of drug-likeness (QED) is 0.535. The number of carbonyl (C=O) groups is 3. The van der Waals surface area contributed by atoms with E-state index in [1.165, 1.54) is 6.07 Å². The van der Waals surface area contributed by atoms with Gasteiger partial charge in [0.1, 0.15) is 17.3 Å². The van der Waals surface area contributed by atoms with Gasteiger partial charge >= 0.3 is 13.1 Å². The maximum Gasteiger partial charge on any atom is 0.526 e. The van der Waals surface area contributed by atoms with Gasteiger partial charge in [-0.3, -0.25) is 9.59 Å². The Morgan fingerprint density at radius 1 is 1.06 bits per heavy atom. The van der Waals surface area contributed by atoms with Crippen molar-refractivity contribution in [3.8, 4) is 5.75 Å². The lowest BCUT2D eigenvalue weighted by Crippen LogP contribution is -2.36. The Morgan fingerprint density at radius 3 is 2.41 bits per heavy atom. The Balaban J connectivity index is 1.43. The molecule has 0 bridgehead atoms. The second kappa shape index (κ2) is 11.1. The zero-order chi connectivity index (χ0) is 23.3. The highest BCUT2D eigenvalue weighted by atomic mass is 16.5. The smallest absolute Gasteiger partial charge is 0.526 e. The number of ketones is 2. The van der Waals surface area contributed by atoms with Crippen molar-refractivity contribution in [3.63, 3.8) is 0 Å². The van der Waals surface area contributed by atoms with Crippen LogP contribution < -0.4 is 4.65 Å². The van der Waals surface area contributed by atoms with Crippen molar-refractivity contribution >= 4 is 24.7 Å². The zero-order valence-corrected chi connectivity index (χ0v) is 19.1. The number of Topliss-reactive ketones (excluding diaryl/α,β-unsaturated/α-hetero) is 2. The van der Waals surface area contributed by atoms with Gasteiger partial charge in [-0.15, -0.1) is 0 Å². The number of hydrogen-bond donors (Lipinski definition) is 2. The molecule has 0 radical (unpaired) electrons. The van der Waals surface area contributed by atoms with Crippen molar-refractivity contribution < 1.29 is 29.2 Å². The van der Waals surface area contributed by atoms with Gasteiger partial charge in [0.15, 0.2) is 0 Å². The van der Waals surface area contributed by atoms with E-state index >= 15 is 0 Å². The molecule has 2 aliphatic rings. The minimum Gasteiger partial charge on any atom is -0.535 e. The fourth-order valence-corrected chi connectivity index (χ4v) is 5.05. The topological polar surface area (TPSA) is 104 Å². The average molecular weight is 443 g/mol. The number of hydrogen-bond acceptors (Lipinski definition) is 6. The second-order valence-corrected chi connectivity index (χ2v) is 9.72. The van der Waals surface area contributed by atoms with Gasteiger partial charge in [0, 0.05) is 25.1 Å². The van der Waals surface area contributed by atoms with Crippen LogP contribution in [0, 0.1) is 11.8 Å². The number of carboxylic acids is 1. The monoisotopic (exact) mass is 443 g/mol. The Morgan fingerprint density at radius 2 is 1.75 bits per heavy atom. The van der Waals surface area contributed by atoms with Crippen LogP contribution in [0.25, 0.3) is 0 Å². The molecule has 0 aromatic heterocycles. The molecule has 0 unspecified atom stereocenters. The number of rotatable bonds is 10. The molecule has 7 nitrogen and oxygen atoms in total. The summed E-state index contributed by atoms with van der Waals surface area (Å²) in [5.41, 5.74) is 0.754. The van der Waals surface area contributed by atoms with Crippen LogP contribution in [-0.4, -0.2) is 60.3 Å². The molecule has 0 spiro atoms. The van der Waals surface area contributed by atoms with Crippen molar-refractivity contribution in [2.75, 3.05) is 20.6 Å². The van der Waals surface area contributed by atoms with E-state index in [-0.39, 0.29) is 35.1 Å². The van der Waals surface area contributed by atoms with E-state index in [0.717, 1.165) is 37.7 Å². The molecule has 1 fully saturated rings. The number of benzene rings is 1. The molecule has 1 heterocycles. The molecule has 174 valence electrons. The van der Waals surface area contributed by atoms with E-state index in [1.807, 2.05) is 19.0 Å². The molecule has 8 heteroatoms. The molecule has 1 aromatic rings. The van der Waals surface area contributed by atoms with Gasteiger partial charge in [0.25, 0.3) is 0 Å². The van der Waals surface area contributed by atoms with E-state index in [4.69, 9.17) is 4.65 Å². The third-order valence-electron chi connectivity index (χ3n) is 6.75. The van der Waals surface area contributed by atoms with Crippen LogP contribution in [-0.2, 0) is 16.0 Å². The van der Waals surface area contributed by atoms with E-state index in [9.17, 15) is 24.5 Å². The van der Waals surface area contributed by atoms with Crippen molar-refractivity contribution in [1.82, 2.24) is 4.90 Å². The third-order valence-corrected chi connectivity index (χ3v) is 6.75. The Labute approximate surface area is 190 Å². The first kappa shape index (κ1) is 24.5. The third kappa shape index (κ3) is 6.66. The zero-order valence-electron chi connectivity index (χ0n) is 19.1. The summed E-state index contributed by atoms with van der Waals surface area (Å²) in [4.78, 5) is 37.9. The lowest BCUT2D eigenvalue weighted by Gasteiger charge is -2.30. The van der Waals surface area contributed by atoms with Crippen LogP contribution in [0.2, 0.25) is 5.82 Å². The Kier molecular flexibility index (Phi) is 8.48. The summed E-state index contributed by atoms with van der Waals surface area (Å²) in [6.07, 6.45) is 6.89. The van der Waals surface area contributed by atoms with Crippen LogP contribution in [0.4, 0.5) is 0 Å². The summed E-state index contributed by atoms with van der Waals surface area (Å²) < 4.78 is 5.50. The number of fused-ring (bicyclic) bond motifs is 1. The first-order valence-electron chi connectivity index (χ1n) is 11.6. The maximum atomic E-state index is 12.7. The Bertz CT molecular complexity index is 834. The van der Waals surface area contributed by atoms with Crippen molar-refractivity contribution in [1.29, 1.82) is 0 Å². The summed E-state index contributed by atoms with van der Waals surface area (Å²) >= 11 is 0. The highest BCUT2D eigenvalue weighted by molar-refractivity contribution is 6.47. The summed E-state index contributed by atoms with van der Waals surface area (Å²) in [5, 5.41) is 19.7. The van der Waals surface area contributed by atoms with Gasteiger partial charge in [-0.05, 0) is 63.2 Å². The van der Waals surface area contributed by atoms with E-state index in [0.29, 0.717) is 37.6 Å². The van der Waals surface area contributed by atoms with Crippen LogP contribution in [0.1, 0.15) is 67.3 Å². The minimum atomic E-state index is -1.18. The molecule has 1 aliphatic carbocycles. The fraction of sp³-hybridized carbons (Fsp3) is 0.625. The summed E-state index contributed by atoms with van der Waals surface area (Å²) in [5.74, 6) is 0.0976. The number of para-hydroxylation sites is 1. The van der Waals surface area contributed by atoms with Gasteiger partial charge < -0.3 is 19.7 Å². The van der Waals surface area contributed by atoms with Crippen LogP contribution in [0.5, 0.6) is 5.75 Å². The van der Waals surface area contributed by atoms with Gasteiger partial charge in [-0.25, -0.2) is 4.79 Å². The Hall–Kier alpha value is -2.19. The molecular formula is C24H34BNO6. The first-order chi connectivity index (χ1) is 15.2. The SMILES string of the molecule is CN(C)CC(=O)CCC1CCC(CC(=O)C[C@H]2Cc3cccc(C(=O)O)c3OB2O)CC1. The first-order valence-corrected chi connectivity index (χ1v) is 11.6. The molecule has 2 N–H and O–H groups in total. The predicted octanol–water partition coefficient (Wildman–Crippen LogP) is 3.24. The standard InChI is InChI=1S/C24H34BNO6/c1-26(2)15-20(27)11-10-16-6-8-17(9-7-16)12-21(28)14-19-13-18-4-3-5-22(24(29)30)23(18)32-25(19)31/h3-5,16-17,19,31H,6-15H2,1-2H3,(H,29,30)/t16?,17?,19-/m1/s1. The number of nitrogens with zero attached hydrogens (tertiary/aromatic N) is 1. The highest BCUT2D eigenvalue weighted by Gasteiger charge is 2.38. The van der Waals surface area contributed by atoms with E-state index in [1.54, 1.807) is 12.1 Å². The van der Waals surface area contributed by atoms with E-state index in [2.05, 4.69) is 0 Å². The molecule has 32 heavy (non-hydrogen) atoms. The summed E-state index contributed by atoms with van der Waals surface area (Å²) in [6, 6.07) is 4.90. The van der Waals surface area contributed by atoms with E-state index < -0.39 is 13.1 Å². The van der Waals surface area contributed by atoms with Gasteiger partial charge in [0.05, 0.1) is 12.1 Å². The van der Waals surface area contributed by atoms with Crippen molar-refractivity contribution in [2.24, 2.45) is 11.8 Å². The number of carbonyl (C=O) groups excluding carboxylic acids is 2. The minimum absolute atomic E-state index is 0.0338. The van der Waals surface area contributed by atoms with Gasteiger partial charge in [-0.2, -0.15) is 0 Å². The van der Waals surface area contributed by atoms with Crippen molar-refractivity contribution in [3.05, 3.63) is 29.3 Å². The number of likely N-dealkylation sites (N-methyl/N-ethyl adjacent to an activating group) is 1. The molecule has 0 saturated heterocycles. The summed E-state index contributed by atoms with van der Waals surface area (Å²) in [7, 11) is 2.64. The largest absolute Gasteiger partial charge is 0.535 e. The maximum absolute atomic E-state index is 12.7. The summed E-state index contributed by atoms with van der Waals surface area (Å²) in [6.45, 7) is 0.503. The highest BCUT2D eigenvalue weighted by Crippen LogP contribution is 2.38. The lowest BCUT2D eigenvalue weighted by atomic mass is 9.64. The van der Waals surface area contributed by atoms with Gasteiger partial charge in [0.2, 0.25) is 0 Å². The van der Waals surface area contributed by atoms with Crippen LogP contribution in [0.3, 0.4) is 0 Å². The molecule has 1 aromatic carbocycles. The molecule has 1 atom stereocenters. The van der Waals surface area contributed by atoms with Gasteiger partial charge in [-0.1, -0.05) is 25.0 Å². The molecule has 0 amide bonds. The van der Waals surface area contributed by atoms with Crippen LogP contribution in [0.15, 0.2) is 18.2 Å². The molecular weight excluding hydrogens is 409 g/mol. The second-order valence-electron chi connectivity index (χ2n) is 9.72. The average Bonchev–Trinajstić information content (AvgIpc) is 2.72. The predicted molar refractivity (Wildman–Crippen MR) is 122 cm³/mol. The molecule has 1 aliphatic heterocycles. The lowest BCUT2D eigenvalue weighted by molar-refractivity contribution is -0.120. The fourth-order valence-electron chi connectivity index (χ4n) is 5.05. The van der Waals surface area contributed by atoms with Crippen LogP contribution >= 0.6 is 0 Å².